The quantitative estimate of drug-likeness (QED) is 0.439. The Labute approximate surface area is 216 Å². The number of hydrogen-bond acceptors (Lipinski definition) is 6. The van der Waals surface area contributed by atoms with Crippen LogP contribution in [0.2, 0.25) is 5.02 Å². The Balaban J connectivity index is 1.22. The predicted octanol–water partition coefficient (Wildman–Crippen LogP) is 5.43. The highest BCUT2D eigenvalue weighted by molar-refractivity contribution is 6.34. The highest BCUT2D eigenvalue weighted by Gasteiger charge is 2.30. The molecule has 2 aliphatic rings. The molecule has 1 aliphatic heterocycles. The molecule has 2 aromatic carbocycles. The Bertz CT molecular complexity index is 1190. The van der Waals surface area contributed by atoms with Crippen LogP contribution >= 0.6 is 11.6 Å². The molecule has 5 rings (SSSR count). The van der Waals surface area contributed by atoms with Gasteiger partial charge < -0.3 is 24.5 Å². The topological polar surface area (TPSA) is 87.8 Å². The molecule has 0 unspecified atom stereocenters. The van der Waals surface area contributed by atoms with Crippen LogP contribution in [0, 0.1) is 11.8 Å². The van der Waals surface area contributed by atoms with Gasteiger partial charge in [-0.25, -0.2) is 0 Å². The van der Waals surface area contributed by atoms with Crippen LogP contribution in [0.5, 0.6) is 5.75 Å². The van der Waals surface area contributed by atoms with E-state index in [1.807, 2.05) is 43.3 Å². The fraction of sp³-hybridized carbons (Fsp3) is 0.500. The second-order valence-corrected chi connectivity index (χ2v) is 10.3. The second-order valence-electron chi connectivity index (χ2n) is 9.94. The molecule has 8 heteroatoms. The Morgan fingerprint density at radius 1 is 1.19 bits per heavy atom. The molecule has 192 valence electrons. The number of benzene rings is 2. The number of piperidine rings is 1. The molecule has 2 N–H and O–H groups in total. The van der Waals surface area contributed by atoms with Crippen LogP contribution in [-0.4, -0.2) is 48.3 Å². The van der Waals surface area contributed by atoms with E-state index in [9.17, 15) is 9.90 Å². The lowest BCUT2D eigenvalue weighted by Crippen LogP contribution is -2.45. The molecule has 7 nitrogen and oxygen atoms in total. The zero-order valence-electron chi connectivity index (χ0n) is 20.7. The van der Waals surface area contributed by atoms with E-state index in [-0.39, 0.29) is 24.5 Å². The maximum Gasteiger partial charge on any atom is 0.298 e. The molecule has 2 atom stereocenters. The van der Waals surface area contributed by atoms with Gasteiger partial charge in [0.1, 0.15) is 11.3 Å². The maximum absolute atomic E-state index is 12.9. The summed E-state index contributed by atoms with van der Waals surface area (Å²) >= 11 is 6.60. The molecule has 1 saturated heterocycles. The number of fused-ring (bicyclic) bond motifs is 1. The van der Waals surface area contributed by atoms with E-state index in [4.69, 9.17) is 20.8 Å². The normalized spacial score (nSPS) is 21.0. The Morgan fingerprint density at radius 3 is 2.69 bits per heavy atom. The van der Waals surface area contributed by atoms with Crippen molar-refractivity contribution in [3.05, 3.63) is 41.4 Å². The highest BCUT2D eigenvalue weighted by Crippen LogP contribution is 2.35. The molecule has 2 heterocycles. The van der Waals surface area contributed by atoms with Crippen LogP contribution in [-0.2, 0) is 4.79 Å². The van der Waals surface area contributed by atoms with E-state index in [1.54, 1.807) is 0 Å². The number of hydrogen-bond donors (Lipinski definition) is 2. The molecular weight excluding hydrogens is 478 g/mol. The van der Waals surface area contributed by atoms with Gasteiger partial charge in [-0.15, -0.1) is 0 Å². The Hall–Kier alpha value is -2.77. The number of aliphatic hydroxyl groups is 1. The van der Waals surface area contributed by atoms with Gasteiger partial charge in [0, 0.05) is 37.2 Å². The van der Waals surface area contributed by atoms with Crippen molar-refractivity contribution >= 4 is 34.6 Å². The number of aromatic nitrogens is 1. The number of halogens is 1. The number of carbonyl (C=O) groups excluding carboxylic acids is 1. The number of ether oxygens (including phenoxy) is 1. The molecule has 0 radical (unpaired) electrons. The van der Waals surface area contributed by atoms with Crippen molar-refractivity contribution in [2.45, 2.75) is 51.5 Å². The summed E-state index contributed by atoms with van der Waals surface area (Å²) in [6.07, 6.45) is 5.53. The molecular formula is C28H34ClN3O4. The first-order valence-electron chi connectivity index (χ1n) is 13.0. The summed E-state index contributed by atoms with van der Waals surface area (Å²) in [7, 11) is 0. The number of nitrogens with zero attached hydrogens (tertiary/aromatic N) is 2. The van der Waals surface area contributed by atoms with Gasteiger partial charge in [-0.1, -0.05) is 30.2 Å². The lowest BCUT2D eigenvalue weighted by molar-refractivity contribution is -0.126. The number of carbonyl (C=O) groups is 1. The molecule has 1 aromatic heterocycles. The minimum absolute atomic E-state index is 0.000776. The zero-order valence-corrected chi connectivity index (χ0v) is 21.5. The van der Waals surface area contributed by atoms with Crippen molar-refractivity contribution in [2.24, 2.45) is 11.8 Å². The summed E-state index contributed by atoms with van der Waals surface area (Å²) in [5.74, 6) is 1.28. The number of nitrogens with one attached hydrogen (secondary N) is 1. The standard InChI is InChI=1S/C28H34ClN3O4/c1-2-35-22-8-6-19(7-9-22)23-15-26-25(16-24(23)29)31-28(36-26)32-12-10-20(11-13-32)27(34)30-21-5-3-4-18(14-21)17-33/h6-9,15-16,18,20-21,33H,2-5,10-14,17H2,1H3,(H,30,34)/t18-,21-/m0/s1. The fourth-order valence-corrected chi connectivity index (χ4v) is 5.70. The monoisotopic (exact) mass is 511 g/mol. The van der Waals surface area contributed by atoms with Crippen LogP contribution in [0.25, 0.3) is 22.2 Å². The maximum atomic E-state index is 12.9. The Kier molecular flexibility index (Phi) is 7.67. The number of anilines is 1. The van der Waals surface area contributed by atoms with Gasteiger partial charge in [-0.05, 0) is 74.8 Å². The van der Waals surface area contributed by atoms with Gasteiger partial charge in [0.15, 0.2) is 5.58 Å². The summed E-state index contributed by atoms with van der Waals surface area (Å²) in [4.78, 5) is 19.6. The second kappa shape index (κ2) is 11.1. The first kappa shape index (κ1) is 24.9. The van der Waals surface area contributed by atoms with Crippen molar-refractivity contribution < 1.29 is 19.1 Å². The van der Waals surface area contributed by atoms with E-state index in [0.717, 1.165) is 60.9 Å². The third kappa shape index (κ3) is 5.47. The van der Waals surface area contributed by atoms with Crippen LogP contribution < -0.4 is 15.0 Å². The van der Waals surface area contributed by atoms with Crippen LogP contribution in [0.1, 0.15) is 45.4 Å². The van der Waals surface area contributed by atoms with Gasteiger partial charge in [-0.3, -0.25) is 4.79 Å². The largest absolute Gasteiger partial charge is 0.494 e. The third-order valence-corrected chi connectivity index (χ3v) is 7.78. The third-order valence-electron chi connectivity index (χ3n) is 7.47. The number of rotatable bonds is 7. The molecule has 3 aromatic rings. The smallest absolute Gasteiger partial charge is 0.298 e. The van der Waals surface area contributed by atoms with Crippen molar-refractivity contribution in [2.75, 3.05) is 31.2 Å². The van der Waals surface area contributed by atoms with Crippen LogP contribution in [0.15, 0.2) is 40.8 Å². The first-order valence-corrected chi connectivity index (χ1v) is 13.4. The summed E-state index contributed by atoms with van der Waals surface area (Å²) in [5.41, 5.74) is 3.28. The number of aliphatic hydroxyl groups excluding tert-OH is 1. The number of amides is 1. The van der Waals surface area contributed by atoms with Gasteiger partial charge in [0.25, 0.3) is 6.01 Å². The minimum atomic E-state index is 0.000776. The van der Waals surface area contributed by atoms with Gasteiger partial charge >= 0.3 is 0 Å². The predicted molar refractivity (Wildman–Crippen MR) is 142 cm³/mol. The molecule has 1 amide bonds. The minimum Gasteiger partial charge on any atom is -0.494 e. The lowest BCUT2D eigenvalue weighted by Gasteiger charge is -2.33. The average Bonchev–Trinajstić information content (AvgIpc) is 3.32. The van der Waals surface area contributed by atoms with Crippen LogP contribution in [0.3, 0.4) is 0 Å². The lowest BCUT2D eigenvalue weighted by atomic mass is 9.85. The summed E-state index contributed by atoms with van der Waals surface area (Å²) in [6, 6.07) is 12.4. The summed E-state index contributed by atoms with van der Waals surface area (Å²) in [6.45, 7) is 4.23. The SMILES string of the molecule is CCOc1ccc(-c2cc3oc(N4CCC(C(=O)N[C@H]5CCC[C@H](CO)C5)CC4)nc3cc2Cl)cc1. The van der Waals surface area contributed by atoms with Crippen LogP contribution in [0.4, 0.5) is 6.01 Å². The van der Waals surface area contributed by atoms with Gasteiger partial charge in [0.2, 0.25) is 5.91 Å². The van der Waals surface area contributed by atoms with E-state index in [2.05, 4.69) is 15.2 Å². The molecule has 36 heavy (non-hydrogen) atoms. The van der Waals surface area contributed by atoms with Gasteiger partial charge in [0.05, 0.1) is 11.6 Å². The van der Waals surface area contributed by atoms with Gasteiger partial charge in [-0.2, -0.15) is 4.98 Å². The molecule has 1 aliphatic carbocycles. The van der Waals surface area contributed by atoms with Crippen molar-refractivity contribution in [3.63, 3.8) is 0 Å². The van der Waals surface area contributed by atoms with Crippen molar-refractivity contribution in [3.8, 4) is 16.9 Å². The summed E-state index contributed by atoms with van der Waals surface area (Å²) in [5, 5.41) is 13.3. The Morgan fingerprint density at radius 2 is 1.97 bits per heavy atom. The van der Waals surface area contributed by atoms with E-state index in [1.165, 1.54) is 0 Å². The van der Waals surface area contributed by atoms with E-state index >= 15 is 0 Å². The molecule has 0 spiro atoms. The number of oxazole rings is 1. The van der Waals surface area contributed by atoms with E-state index < -0.39 is 0 Å². The molecule has 1 saturated carbocycles. The molecule has 2 fully saturated rings. The van der Waals surface area contributed by atoms with Crippen molar-refractivity contribution in [1.82, 2.24) is 10.3 Å². The molecule has 0 bridgehead atoms. The average molecular weight is 512 g/mol. The van der Waals surface area contributed by atoms with E-state index in [0.29, 0.717) is 42.2 Å². The van der Waals surface area contributed by atoms with Crippen molar-refractivity contribution in [1.29, 1.82) is 0 Å². The zero-order chi connectivity index (χ0) is 25.1. The fourth-order valence-electron chi connectivity index (χ4n) is 5.43. The first-order chi connectivity index (χ1) is 17.5. The highest BCUT2D eigenvalue weighted by atomic mass is 35.5. The summed E-state index contributed by atoms with van der Waals surface area (Å²) < 4.78 is 11.7.